The quantitative estimate of drug-likeness (QED) is 0.872. The van der Waals surface area contributed by atoms with E-state index in [1.165, 1.54) is 11.3 Å². The summed E-state index contributed by atoms with van der Waals surface area (Å²) in [5.41, 5.74) is 0.916. The highest BCUT2D eigenvalue weighted by Gasteiger charge is 2.16. The van der Waals surface area contributed by atoms with Gasteiger partial charge in [-0.25, -0.2) is 0 Å². The molecule has 1 amide bonds. The number of rotatable bonds is 4. The van der Waals surface area contributed by atoms with Gasteiger partial charge in [-0.1, -0.05) is 25.2 Å². The van der Waals surface area contributed by atoms with Crippen molar-refractivity contribution in [2.75, 3.05) is 14.2 Å². The molecule has 5 nitrogen and oxygen atoms in total. The summed E-state index contributed by atoms with van der Waals surface area (Å²) in [4.78, 5) is 16.9. The van der Waals surface area contributed by atoms with Gasteiger partial charge in [0.05, 0.1) is 14.2 Å². The summed E-state index contributed by atoms with van der Waals surface area (Å²) in [6, 6.07) is 3.74. The summed E-state index contributed by atoms with van der Waals surface area (Å²) in [6.07, 6.45) is 0. The molecule has 0 unspecified atom stereocenters. The molecule has 0 radical (unpaired) electrons. The van der Waals surface area contributed by atoms with Gasteiger partial charge in [0.2, 0.25) is 0 Å². The number of fused-ring (bicyclic) bond motifs is 1. The maximum atomic E-state index is 11.9. The van der Waals surface area contributed by atoms with Gasteiger partial charge in [-0.2, -0.15) is 4.99 Å². The normalized spacial score (nSPS) is 12.2. The average Bonchev–Trinajstić information content (AvgIpc) is 2.84. The third-order valence-electron chi connectivity index (χ3n) is 3.21. The van der Waals surface area contributed by atoms with Crippen molar-refractivity contribution in [1.82, 2.24) is 4.57 Å². The lowest BCUT2D eigenvalue weighted by Crippen LogP contribution is -2.17. The van der Waals surface area contributed by atoms with Gasteiger partial charge >= 0.3 is 0 Å². The van der Waals surface area contributed by atoms with Crippen LogP contribution in [0.15, 0.2) is 17.1 Å². The van der Waals surface area contributed by atoms with E-state index >= 15 is 0 Å². The number of benzene rings is 1. The minimum Gasteiger partial charge on any atom is -0.495 e. The van der Waals surface area contributed by atoms with Crippen molar-refractivity contribution >= 4 is 27.5 Å². The highest BCUT2D eigenvalue weighted by atomic mass is 32.1. The van der Waals surface area contributed by atoms with Crippen LogP contribution in [0.25, 0.3) is 10.2 Å². The molecule has 0 N–H and O–H groups in total. The summed E-state index contributed by atoms with van der Waals surface area (Å²) < 4.78 is 13.8. The Labute approximate surface area is 127 Å². The van der Waals surface area contributed by atoms with Gasteiger partial charge in [-0.15, -0.1) is 0 Å². The Morgan fingerprint density at radius 1 is 1.29 bits per heavy atom. The maximum absolute atomic E-state index is 11.9. The fourth-order valence-corrected chi connectivity index (χ4v) is 3.26. The minimum absolute atomic E-state index is 0.121. The Bertz CT molecular complexity index is 728. The number of carbonyl (C=O) groups excluding carboxylic acids is 1. The van der Waals surface area contributed by atoms with Crippen LogP contribution in [-0.4, -0.2) is 24.7 Å². The van der Waals surface area contributed by atoms with E-state index in [0.717, 1.165) is 21.7 Å². The van der Waals surface area contributed by atoms with E-state index in [-0.39, 0.29) is 11.8 Å². The predicted molar refractivity (Wildman–Crippen MR) is 84.0 cm³/mol. The molecule has 6 heteroatoms. The molecule has 0 aliphatic carbocycles. The molecule has 0 spiro atoms. The zero-order valence-corrected chi connectivity index (χ0v) is 13.8. The summed E-state index contributed by atoms with van der Waals surface area (Å²) in [5.74, 6) is 1.27. The lowest BCUT2D eigenvalue weighted by molar-refractivity contribution is -0.120. The number of ether oxygens (including phenoxy) is 2. The van der Waals surface area contributed by atoms with Crippen LogP contribution in [0.2, 0.25) is 0 Å². The predicted octanol–water partition coefficient (Wildman–Crippen LogP) is 2.82. The van der Waals surface area contributed by atoms with E-state index < -0.39 is 0 Å². The Morgan fingerprint density at radius 2 is 1.90 bits per heavy atom. The number of carbonyl (C=O) groups is 1. The van der Waals surface area contributed by atoms with Crippen molar-refractivity contribution in [2.24, 2.45) is 10.9 Å². The van der Waals surface area contributed by atoms with Crippen molar-refractivity contribution in [3.05, 3.63) is 16.9 Å². The standard InChI is InChI=1S/C15H20N2O3S/c1-6-17-12-10(19-4)7-8-11(20-5)13(12)21-15(17)16-14(18)9(2)3/h7-9H,6H2,1-5H3. The van der Waals surface area contributed by atoms with E-state index in [9.17, 15) is 4.79 Å². The lowest BCUT2D eigenvalue weighted by atomic mass is 10.2. The monoisotopic (exact) mass is 308 g/mol. The van der Waals surface area contributed by atoms with Crippen LogP contribution in [0.1, 0.15) is 20.8 Å². The number of thiazole rings is 1. The van der Waals surface area contributed by atoms with Gasteiger partial charge in [-0.3, -0.25) is 4.79 Å². The van der Waals surface area contributed by atoms with Gasteiger partial charge in [0.1, 0.15) is 21.7 Å². The molecule has 2 aromatic rings. The van der Waals surface area contributed by atoms with Crippen LogP contribution < -0.4 is 14.3 Å². The zero-order chi connectivity index (χ0) is 15.6. The van der Waals surface area contributed by atoms with E-state index in [1.807, 2.05) is 37.5 Å². The Balaban J connectivity index is 2.82. The van der Waals surface area contributed by atoms with Gasteiger partial charge in [0.25, 0.3) is 5.91 Å². The molecule has 0 saturated carbocycles. The third kappa shape index (κ3) is 2.81. The van der Waals surface area contributed by atoms with Gasteiger partial charge < -0.3 is 14.0 Å². The molecule has 114 valence electrons. The van der Waals surface area contributed by atoms with Gasteiger partial charge in [0.15, 0.2) is 4.80 Å². The number of hydrogen-bond acceptors (Lipinski definition) is 4. The second-order valence-corrected chi connectivity index (χ2v) is 5.86. The lowest BCUT2D eigenvalue weighted by Gasteiger charge is -2.08. The van der Waals surface area contributed by atoms with Crippen molar-refractivity contribution in [3.8, 4) is 11.5 Å². The first-order valence-corrected chi connectivity index (χ1v) is 7.68. The van der Waals surface area contributed by atoms with Crippen LogP contribution in [0, 0.1) is 5.92 Å². The van der Waals surface area contributed by atoms with Crippen molar-refractivity contribution < 1.29 is 14.3 Å². The largest absolute Gasteiger partial charge is 0.495 e. The second kappa shape index (κ2) is 6.30. The van der Waals surface area contributed by atoms with Gasteiger partial charge in [-0.05, 0) is 19.1 Å². The molecular formula is C15H20N2O3S. The van der Waals surface area contributed by atoms with Gasteiger partial charge in [0, 0.05) is 12.5 Å². The van der Waals surface area contributed by atoms with Crippen LogP contribution in [0.3, 0.4) is 0 Å². The fourth-order valence-electron chi connectivity index (χ4n) is 2.06. The highest BCUT2D eigenvalue weighted by Crippen LogP contribution is 2.35. The number of nitrogens with zero attached hydrogens (tertiary/aromatic N) is 2. The van der Waals surface area contributed by atoms with Crippen molar-refractivity contribution in [3.63, 3.8) is 0 Å². The number of amides is 1. The molecule has 1 aromatic carbocycles. The molecular weight excluding hydrogens is 288 g/mol. The minimum atomic E-state index is -0.123. The zero-order valence-electron chi connectivity index (χ0n) is 13.0. The first kappa shape index (κ1) is 15.6. The maximum Gasteiger partial charge on any atom is 0.250 e. The number of methoxy groups -OCH3 is 2. The van der Waals surface area contributed by atoms with Crippen LogP contribution in [0.5, 0.6) is 11.5 Å². The van der Waals surface area contributed by atoms with Crippen molar-refractivity contribution in [1.29, 1.82) is 0 Å². The van der Waals surface area contributed by atoms with E-state index in [2.05, 4.69) is 4.99 Å². The summed E-state index contributed by atoms with van der Waals surface area (Å²) in [6.45, 7) is 6.41. The average molecular weight is 308 g/mol. The Morgan fingerprint density at radius 3 is 2.43 bits per heavy atom. The van der Waals surface area contributed by atoms with Crippen LogP contribution >= 0.6 is 11.3 Å². The molecule has 0 aliphatic heterocycles. The Kier molecular flexibility index (Phi) is 4.67. The second-order valence-electron chi connectivity index (χ2n) is 4.88. The Hall–Kier alpha value is -1.82. The molecule has 0 fully saturated rings. The fraction of sp³-hybridized carbons (Fsp3) is 0.467. The highest BCUT2D eigenvalue weighted by molar-refractivity contribution is 7.16. The van der Waals surface area contributed by atoms with Crippen molar-refractivity contribution in [2.45, 2.75) is 27.3 Å². The molecule has 2 rings (SSSR count). The van der Waals surface area contributed by atoms with E-state index in [1.54, 1.807) is 14.2 Å². The molecule has 1 aromatic heterocycles. The topological polar surface area (TPSA) is 52.8 Å². The summed E-state index contributed by atoms with van der Waals surface area (Å²) >= 11 is 1.45. The summed E-state index contributed by atoms with van der Waals surface area (Å²) in [5, 5.41) is 0. The van der Waals surface area contributed by atoms with Crippen LogP contribution in [0.4, 0.5) is 0 Å². The van der Waals surface area contributed by atoms with E-state index in [4.69, 9.17) is 9.47 Å². The summed E-state index contributed by atoms with van der Waals surface area (Å²) in [7, 11) is 3.27. The molecule has 0 atom stereocenters. The van der Waals surface area contributed by atoms with Crippen LogP contribution in [-0.2, 0) is 11.3 Å². The number of aromatic nitrogens is 1. The smallest absolute Gasteiger partial charge is 0.250 e. The van der Waals surface area contributed by atoms with E-state index in [0.29, 0.717) is 11.3 Å². The first-order valence-electron chi connectivity index (χ1n) is 6.86. The first-order chi connectivity index (χ1) is 10.0. The number of aryl methyl sites for hydroxylation is 1. The SMILES string of the molecule is CCn1c(=NC(=O)C(C)C)sc2c(OC)ccc(OC)c21. The molecule has 0 bridgehead atoms. The third-order valence-corrected chi connectivity index (χ3v) is 4.30. The molecule has 21 heavy (non-hydrogen) atoms. The molecule has 0 saturated heterocycles. The molecule has 1 heterocycles. The molecule has 0 aliphatic rings. The number of hydrogen-bond donors (Lipinski definition) is 0.